The van der Waals surface area contributed by atoms with Gasteiger partial charge >= 0.3 is 32.1 Å². The van der Waals surface area contributed by atoms with Gasteiger partial charge in [-0.15, -0.1) is 0 Å². The van der Waals surface area contributed by atoms with Crippen molar-refractivity contribution in [1.29, 1.82) is 0 Å². The van der Waals surface area contributed by atoms with E-state index in [1.165, 1.54) is 0 Å². The molecule has 0 fully saturated rings. The molecule has 0 rings (SSSR count). The SMILES string of the molecule is O[Si](O)(O)O.[MgH2].[Nb]. The van der Waals surface area contributed by atoms with Gasteiger partial charge in [-0.1, -0.05) is 0 Å². The molecule has 0 atom stereocenters. The van der Waals surface area contributed by atoms with Gasteiger partial charge in [-0.2, -0.15) is 0 Å². The molecule has 7 heteroatoms. The van der Waals surface area contributed by atoms with E-state index in [1.54, 1.807) is 0 Å². The van der Waals surface area contributed by atoms with Crippen LogP contribution >= 0.6 is 0 Å². The molecular formula is H6MgNbO4Si. The first-order valence-corrected chi connectivity index (χ1v) is 2.68. The molecule has 0 aromatic heterocycles. The second-order valence-corrected chi connectivity index (χ2v) is 1.80. The molecule has 41 valence electrons. The van der Waals surface area contributed by atoms with Crippen molar-refractivity contribution in [3.63, 3.8) is 0 Å². The summed E-state index contributed by atoms with van der Waals surface area (Å²) in [5.41, 5.74) is 0. The molecule has 0 saturated heterocycles. The maximum absolute atomic E-state index is 7.33. The summed E-state index contributed by atoms with van der Waals surface area (Å²) in [6.45, 7) is 0. The fourth-order valence-corrected chi connectivity index (χ4v) is 0. The molecule has 0 saturated carbocycles. The number of hydrogen-bond donors (Lipinski definition) is 4. The third-order valence-corrected chi connectivity index (χ3v) is 0. The Kier molecular flexibility index (Phi) is 12.9. The molecule has 0 heterocycles. The van der Waals surface area contributed by atoms with Crippen molar-refractivity contribution < 1.29 is 41.6 Å². The van der Waals surface area contributed by atoms with Crippen LogP contribution in [0.25, 0.3) is 0 Å². The molecule has 4 N–H and O–H groups in total. The zero-order chi connectivity index (χ0) is 4.50. The van der Waals surface area contributed by atoms with Gasteiger partial charge in [0.25, 0.3) is 0 Å². The molecule has 0 aromatic rings. The van der Waals surface area contributed by atoms with E-state index in [9.17, 15) is 0 Å². The Morgan fingerprint density at radius 1 is 0.857 bits per heavy atom. The molecule has 0 bridgehead atoms. The van der Waals surface area contributed by atoms with Crippen LogP contribution in [-0.2, 0) is 22.4 Å². The fraction of sp³-hybridized carbons (Fsp3) is 0. The van der Waals surface area contributed by atoms with E-state index in [4.69, 9.17) is 19.2 Å². The first kappa shape index (κ1) is 15.8. The minimum atomic E-state index is -4.61. The molecule has 0 unspecified atom stereocenters. The molecular weight excluding hydrogens is 209 g/mol. The van der Waals surface area contributed by atoms with Crippen LogP contribution in [0.5, 0.6) is 0 Å². The van der Waals surface area contributed by atoms with Crippen molar-refractivity contribution in [1.82, 2.24) is 0 Å². The van der Waals surface area contributed by atoms with Crippen LogP contribution in [-0.4, -0.2) is 51.3 Å². The largest absolute Gasteiger partial charge is 0.668 e. The molecule has 0 amide bonds. The van der Waals surface area contributed by atoms with Crippen LogP contribution in [0.15, 0.2) is 0 Å². The Labute approximate surface area is 73.3 Å². The second kappa shape index (κ2) is 5.70. The minimum absolute atomic E-state index is 0. The zero-order valence-corrected chi connectivity index (χ0v) is 5.93. The van der Waals surface area contributed by atoms with Crippen molar-refractivity contribution in [2.75, 3.05) is 0 Å². The summed E-state index contributed by atoms with van der Waals surface area (Å²) in [5.74, 6) is 0. The monoisotopic (exact) mass is 215 g/mol. The van der Waals surface area contributed by atoms with Crippen molar-refractivity contribution >= 4 is 32.1 Å². The topological polar surface area (TPSA) is 80.9 Å². The minimum Gasteiger partial charge on any atom is -0.368 e. The van der Waals surface area contributed by atoms with Crippen LogP contribution in [0, 0.1) is 0 Å². The number of rotatable bonds is 0. The van der Waals surface area contributed by atoms with Gasteiger partial charge in [-0.3, -0.25) is 0 Å². The first-order chi connectivity index (χ1) is 2.00. The third-order valence-electron chi connectivity index (χ3n) is 0. The molecule has 7 heavy (non-hydrogen) atoms. The first-order valence-electron chi connectivity index (χ1n) is 0.894. The van der Waals surface area contributed by atoms with Gasteiger partial charge in [0.15, 0.2) is 0 Å². The van der Waals surface area contributed by atoms with Crippen LogP contribution in [0.1, 0.15) is 0 Å². The smallest absolute Gasteiger partial charge is 0.368 e. The van der Waals surface area contributed by atoms with Gasteiger partial charge in [0.2, 0.25) is 0 Å². The zero-order valence-electron chi connectivity index (χ0n) is 2.74. The maximum atomic E-state index is 7.33. The van der Waals surface area contributed by atoms with Crippen LogP contribution < -0.4 is 0 Å². The van der Waals surface area contributed by atoms with E-state index < -0.39 is 9.05 Å². The van der Waals surface area contributed by atoms with E-state index in [0.717, 1.165) is 0 Å². The summed E-state index contributed by atoms with van der Waals surface area (Å²) in [5, 5.41) is 0. The average molecular weight is 215 g/mol. The standard InChI is InChI=1S/Mg.Nb.H4O4Si.2H/c;;1-5(2,3)4;;/h;;1-4H;;. The Morgan fingerprint density at radius 2 is 0.857 bits per heavy atom. The van der Waals surface area contributed by atoms with Crippen molar-refractivity contribution in [3.05, 3.63) is 0 Å². The van der Waals surface area contributed by atoms with E-state index in [-0.39, 0.29) is 45.4 Å². The summed E-state index contributed by atoms with van der Waals surface area (Å²) in [4.78, 5) is 29.3. The van der Waals surface area contributed by atoms with Gasteiger partial charge in [-0.05, 0) is 0 Å². The summed E-state index contributed by atoms with van der Waals surface area (Å²) in [7, 11) is -4.61. The van der Waals surface area contributed by atoms with E-state index in [2.05, 4.69) is 0 Å². The normalized spacial score (nSPS) is 8.57. The van der Waals surface area contributed by atoms with E-state index in [1.807, 2.05) is 0 Å². The molecule has 0 spiro atoms. The predicted molar refractivity (Wildman–Crippen MR) is 23.2 cm³/mol. The van der Waals surface area contributed by atoms with E-state index >= 15 is 0 Å². The molecule has 0 aliphatic carbocycles. The molecule has 0 aromatic carbocycles. The summed E-state index contributed by atoms with van der Waals surface area (Å²) >= 11 is 0. The average Bonchev–Trinajstić information content (AvgIpc) is 0.722. The van der Waals surface area contributed by atoms with Crippen LogP contribution in [0.4, 0.5) is 0 Å². The van der Waals surface area contributed by atoms with Gasteiger partial charge in [-0.25, -0.2) is 0 Å². The predicted octanol–water partition coefficient (Wildman–Crippen LogP) is -3.53. The molecule has 0 aliphatic heterocycles. The summed E-state index contributed by atoms with van der Waals surface area (Å²) in [6, 6.07) is 0. The van der Waals surface area contributed by atoms with Crippen LogP contribution in [0.3, 0.4) is 0 Å². The van der Waals surface area contributed by atoms with Crippen LogP contribution in [0.2, 0.25) is 0 Å². The fourth-order valence-electron chi connectivity index (χ4n) is 0. The van der Waals surface area contributed by atoms with Crippen molar-refractivity contribution in [3.8, 4) is 0 Å². The third kappa shape index (κ3) is 95.8. The number of hydrogen-bond acceptors (Lipinski definition) is 4. The molecule has 1 radical (unpaired) electrons. The maximum Gasteiger partial charge on any atom is 0.668 e. The van der Waals surface area contributed by atoms with Gasteiger partial charge in [0.05, 0.1) is 0 Å². The molecule has 4 nitrogen and oxygen atoms in total. The Bertz CT molecular complexity index is 27.2. The van der Waals surface area contributed by atoms with Gasteiger partial charge in [0.1, 0.15) is 0 Å². The Hall–Kier alpha value is 1.56. The van der Waals surface area contributed by atoms with Gasteiger partial charge in [0, 0.05) is 22.4 Å². The second-order valence-electron chi connectivity index (χ2n) is 0.600. The molecule has 0 aliphatic rings. The van der Waals surface area contributed by atoms with Gasteiger partial charge < -0.3 is 19.2 Å². The van der Waals surface area contributed by atoms with Crippen molar-refractivity contribution in [2.45, 2.75) is 0 Å². The Balaban J connectivity index is -0.0000000800. The summed E-state index contributed by atoms with van der Waals surface area (Å²) in [6.07, 6.45) is 0. The Morgan fingerprint density at radius 3 is 0.857 bits per heavy atom. The van der Waals surface area contributed by atoms with E-state index in [0.29, 0.717) is 0 Å². The summed E-state index contributed by atoms with van der Waals surface area (Å²) < 4.78 is 0. The van der Waals surface area contributed by atoms with Crippen molar-refractivity contribution in [2.24, 2.45) is 0 Å². The quantitative estimate of drug-likeness (QED) is 0.316.